The fourth-order valence-electron chi connectivity index (χ4n) is 4.93. The summed E-state index contributed by atoms with van der Waals surface area (Å²) in [5.41, 5.74) is 2.17. The molecule has 1 saturated carbocycles. The monoisotopic (exact) mass is 531 g/mol. The largest absolute Gasteiger partial charge is 0.494 e. The van der Waals surface area contributed by atoms with Crippen LogP contribution < -0.4 is 14.4 Å². The summed E-state index contributed by atoms with van der Waals surface area (Å²) in [6.07, 6.45) is 3.96. The lowest BCUT2D eigenvalue weighted by molar-refractivity contribution is -0.151. The summed E-state index contributed by atoms with van der Waals surface area (Å²) >= 11 is 1.81. The van der Waals surface area contributed by atoms with Gasteiger partial charge in [-0.3, -0.25) is 9.69 Å². The van der Waals surface area contributed by atoms with Crippen molar-refractivity contribution in [1.82, 2.24) is 9.88 Å². The molecule has 7 nitrogen and oxygen atoms in total. The molecular formula is C30H33N3O4S. The quantitative estimate of drug-likeness (QED) is 0.139. The third-order valence-corrected chi connectivity index (χ3v) is 8.16. The summed E-state index contributed by atoms with van der Waals surface area (Å²) in [7, 11) is 0. The SMILES string of the molecule is O=C(OCOc1ccc2ccc(OCCCCN3CCN(c4cccc5sccc45)CC3)cc2n1)C1CC1. The summed E-state index contributed by atoms with van der Waals surface area (Å²) in [6.45, 7) is 6.02. The zero-order valence-electron chi connectivity index (χ0n) is 21.5. The smallest absolute Gasteiger partial charge is 0.311 e. The Labute approximate surface area is 226 Å². The van der Waals surface area contributed by atoms with E-state index in [0.29, 0.717) is 12.5 Å². The lowest BCUT2D eigenvalue weighted by atomic mass is 10.2. The highest BCUT2D eigenvalue weighted by molar-refractivity contribution is 7.17. The number of piperazine rings is 1. The average Bonchev–Trinajstić information content (AvgIpc) is 3.69. The van der Waals surface area contributed by atoms with Gasteiger partial charge in [0.25, 0.3) is 0 Å². The van der Waals surface area contributed by atoms with Crippen LogP contribution in [0.25, 0.3) is 21.0 Å². The molecule has 0 bridgehead atoms. The standard InChI is InChI=1S/C30H33N3O4S/c34-30(23-6-7-23)37-21-36-29-11-9-22-8-10-24(20-26(22)31-29)35-18-2-1-13-32-14-16-33(17-15-32)27-4-3-5-28-25(27)12-19-38-28/h3-5,8-12,19-20,23H,1-2,6-7,13-18,21H2. The van der Waals surface area contributed by atoms with E-state index in [1.54, 1.807) is 6.07 Å². The predicted octanol–water partition coefficient (Wildman–Crippen LogP) is 5.72. The van der Waals surface area contributed by atoms with Crippen LogP contribution in [0.4, 0.5) is 5.69 Å². The third kappa shape index (κ3) is 6.03. The highest BCUT2D eigenvalue weighted by Gasteiger charge is 2.31. The first-order chi connectivity index (χ1) is 18.7. The van der Waals surface area contributed by atoms with Gasteiger partial charge in [-0.15, -0.1) is 11.3 Å². The zero-order valence-corrected chi connectivity index (χ0v) is 22.3. The Morgan fingerprint density at radius 3 is 2.71 bits per heavy atom. The van der Waals surface area contributed by atoms with E-state index in [1.165, 1.54) is 15.8 Å². The second-order valence-corrected chi connectivity index (χ2v) is 10.9. The third-order valence-electron chi connectivity index (χ3n) is 7.28. The molecule has 1 aliphatic heterocycles. The van der Waals surface area contributed by atoms with E-state index in [9.17, 15) is 4.79 Å². The summed E-state index contributed by atoms with van der Waals surface area (Å²) < 4.78 is 18.0. The highest BCUT2D eigenvalue weighted by atomic mass is 32.1. The first kappa shape index (κ1) is 24.9. The van der Waals surface area contributed by atoms with E-state index in [-0.39, 0.29) is 18.7 Å². The number of aromatic nitrogens is 1. The minimum atomic E-state index is -0.185. The normalized spacial score (nSPS) is 16.2. The van der Waals surface area contributed by atoms with Crippen LogP contribution in [0.2, 0.25) is 0 Å². The van der Waals surface area contributed by atoms with Gasteiger partial charge in [0.2, 0.25) is 12.7 Å². The summed E-state index contributed by atoms with van der Waals surface area (Å²) in [4.78, 5) is 21.3. The van der Waals surface area contributed by atoms with E-state index in [2.05, 4.69) is 44.4 Å². The molecule has 3 heterocycles. The van der Waals surface area contributed by atoms with E-state index in [0.717, 1.165) is 75.1 Å². The summed E-state index contributed by atoms with van der Waals surface area (Å²) in [5, 5.41) is 4.57. The molecule has 0 atom stereocenters. The number of thiophene rings is 1. The molecule has 0 unspecified atom stereocenters. The maximum atomic E-state index is 11.6. The number of hydrogen-bond donors (Lipinski definition) is 0. The van der Waals surface area contributed by atoms with Crippen LogP contribution in [-0.4, -0.2) is 62.0 Å². The molecule has 0 N–H and O–H groups in total. The van der Waals surface area contributed by atoms with E-state index < -0.39 is 0 Å². The minimum absolute atomic E-state index is 0.0606. The van der Waals surface area contributed by atoms with Gasteiger partial charge in [-0.2, -0.15) is 0 Å². The Hall–Kier alpha value is -3.36. The predicted molar refractivity (Wildman–Crippen MR) is 151 cm³/mol. The molecule has 2 aromatic carbocycles. The second-order valence-electron chi connectivity index (χ2n) is 10.00. The molecule has 6 rings (SSSR count). The molecule has 38 heavy (non-hydrogen) atoms. The van der Waals surface area contributed by atoms with Crippen LogP contribution in [0.1, 0.15) is 25.7 Å². The van der Waals surface area contributed by atoms with Gasteiger partial charge in [0, 0.05) is 59.5 Å². The van der Waals surface area contributed by atoms with Crippen molar-refractivity contribution in [3.63, 3.8) is 0 Å². The van der Waals surface area contributed by atoms with Crippen molar-refractivity contribution >= 4 is 44.0 Å². The number of rotatable bonds is 11. The number of hydrogen-bond acceptors (Lipinski definition) is 8. The molecule has 4 aromatic rings. The molecule has 2 fully saturated rings. The molecule has 2 aromatic heterocycles. The van der Waals surface area contributed by atoms with E-state index in [1.807, 2.05) is 35.6 Å². The molecule has 2 aliphatic rings. The summed E-state index contributed by atoms with van der Waals surface area (Å²) in [5.74, 6) is 1.12. The van der Waals surface area contributed by atoms with Crippen LogP contribution in [0, 0.1) is 5.92 Å². The number of ether oxygens (including phenoxy) is 3. The second kappa shape index (κ2) is 11.6. The van der Waals surface area contributed by atoms with Crippen molar-refractivity contribution in [1.29, 1.82) is 0 Å². The van der Waals surface area contributed by atoms with E-state index >= 15 is 0 Å². The van der Waals surface area contributed by atoms with Gasteiger partial charge in [-0.25, -0.2) is 4.98 Å². The van der Waals surface area contributed by atoms with E-state index in [4.69, 9.17) is 14.2 Å². The lowest BCUT2D eigenvalue weighted by Crippen LogP contribution is -2.46. The Morgan fingerprint density at radius 1 is 0.974 bits per heavy atom. The van der Waals surface area contributed by atoms with Crippen LogP contribution >= 0.6 is 11.3 Å². The van der Waals surface area contributed by atoms with Crippen molar-refractivity contribution < 1.29 is 19.0 Å². The van der Waals surface area contributed by atoms with Gasteiger partial charge in [0.1, 0.15) is 5.75 Å². The topological polar surface area (TPSA) is 64.1 Å². The molecule has 1 aliphatic carbocycles. The Morgan fingerprint density at radius 2 is 1.84 bits per heavy atom. The fraction of sp³-hybridized carbons (Fsp3) is 0.400. The molecule has 1 saturated heterocycles. The van der Waals surface area contributed by atoms with Gasteiger partial charge in [-0.1, -0.05) is 6.07 Å². The maximum absolute atomic E-state index is 11.6. The minimum Gasteiger partial charge on any atom is -0.494 e. The van der Waals surface area contributed by atoms with Gasteiger partial charge >= 0.3 is 5.97 Å². The molecule has 8 heteroatoms. The van der Waals surface area contributed by atoms with Gasteiger partial charge in [0.15, 0.2) is 0 Å². The number of nitrogens with zero attached hydrogens (tertiary/aromatic N) is 3. The average molecular weight is 532 g/mol. The van der Waals surface area contributed by atoms with Crippen molar-refractivity contribution in [3.05, 3.63) is 60.0 Å². The number of fused-ring (bicyclic) bond motifs is 2. The number of benzene rings is 2. The first-order valence-electron chi connectivity index (χ1n) is 13.5. The van der Waals surface area contributed by atoms with Crippen LogP contribution in [-0.2, 0) is 9.53 Å². The van der Waals surface area contributed by atoms with Crippen molar-refractivity contribution in [2.75, 3.05) is 51.0 Å². The van der Waals surface area contributed by atoms with Crippen LogP contribution in [0.3, 0.4) is 0 Å². The number of carbonyl (C=O) groups excluding carboxylic acids is 1. The lowest BCUT2D eigenvalue weighted by Gasteiger charge is -2.36. The summed E-state index contributed by atoms with van der Waals surface area (Å²) in [6, 6.07) is 18.5. The van der Waals surface area contributed by atoms with Crippen LogP contribution in [0.5, 0.6) is 11.6 Å². The van der Waals surface area contributed by atoms with Gasteiger partial charge in [-0.05, 0) is 74.0 Å². The van der Waals surface area contributed by atoms with Gasteiger partial charge < -0.3 is 19.1 Å². The first-order valence-corrected chi connectivity index (χ1v) is 14.4. The van der Waals surface area contributed by atoms with Crippen molar-refractivity contribution in [2.45, 2.75) is 25.7 Å². The van der Waals surface area contributed by atoms with Gasteiger partial charge in [0.05, 0.1) is 18.0 Å². The highest BCUT2D eigenvalue weighted by Crippen LogP contribution is 2.31. The number of carbonyl (C=O) groups is 1. The molecule has 0 amide bonds. The maximum Gasteiger partial charge on any atom is 0.311 e. The Bertz CT molecular complexity index is 1390. The Kier molecular flexibility index (Phi) is 7.60. The zero-order chi connectivity index (χ0) is 25.7. The number of pyridine rings is 1. The number of esters is 1. The molecule has 0 radical (unpaired) electrons. The Balaban J connectivity index is 0.916. The molecular weight excluding hydrogens is 498 g/mol. The van der Waals surface area contributed by atoms with Crippen LogP contribution in [0.15, 0.2) is 60.0 Å². The number of unbranched alkanes of at least 4 members (excludes halogenated alkanes) is 1. The number of anilines is 1. The fourth-order valence-corrected chi connectivity index (χ4v) is 5.73. The van der Waals surface area contributed by atoms with Crippen molar-refractivity contribution in [2.24, 2.45) is 5.92 Å². The molecule has 0 spiro atoms. The van der Waals surface area contributed by atoms with Crippen molar-refractivity contribution in [3.8, 4) is 11.6 Å². The molecule has 198 valence electrons.